The van der Waals surface area contributed by atoms with Crippen LogP contribution in [-0.4, -0.2) is 0 Å². The van der Waals surface area contributed by atoms with E-state index in [0.717, 1.165) is 110 Å². The molecule has 91 heavy (non-hydrogen) atoms. The zero-order chi connectivity index (χ0) is 66.9. The number of allylic oxidation sites excluding steroid dienone is 3. The lowest BCUT2D eigenvalue weighted by atomic mass is 9.78. The predicted octanol–water partition coefficient (Wildman–Crippen LogP) is 26.5. The number of hydrogen-bond donors (Lipinski definition) is 0. The molecule has 0 spiro atoms. The fourth-order valence-electron chi connectivity index (χ4n) is 12.8. The van der Waals surface area contributed by atoms with E-state index in [-0.39, 0.29) is 32.5 Å². The largest absolute Gasteiger partial charge is 0.336 e. The molecule has 3 atom stereocenters. The van der Waals surface area contributed by atoms with Gasteiger partial charge in [0.2, 0.25) is 0 Å². The van der Waals surface area contributed by atoms with E-state index < -0.39 is 25.4 Å². The van der Waals surface area contributed by atoms with E-state index in [9.17, 15) is 0 Å². The first-order valence-corrected chi connectivity index (χ1v) is 36.5. The van der Waals surface area contributed by atoms with E-state index in [2.05, 4.69) is 308 Å². The number of hydrogen-bond acceptors (Lipinski definition) is 3. The second-order valence-electron chi connectivity index (χ2n) is 31.5. The van der Waals surface area contributed by atoms with E-state index in [1.807, 2.05) is 0 Å². The molecule has 494 valence electrons. The Hall–Kier alpha value is -5.15. The molecule has 0 fully saturated rings. The third-order valence-corrected chi connectivity index (χ3v) is 21.4. The number of benzene rings is 6. The molecule has 0 aromatic heterocycles. The fourth-order valence-corrected chi connectivity index (χ4v) is 14.5. The average molecular weight is 1250 g/mol. The van der Waals surface area contributed by atoms with Gasteiger partial charge >= 0.3 is 8.60 Å². The maximum absolute atomic E-state index is 8.70. The third kappa shape index (κ3) is 19.1. The van der Waals surface area contributed by atoms with Gasteiger partial charge in [-0.15, -0.1) is 19.7 Å². The van der Waals surface area contributed by atoms with E-state index in [1.165, 1.54) is 52.6 Å². The SMILES string of the molecule is C=CC(C)(C)c1ccc(C(CCCCCCC)(OP(OC(CCCCCCC)(c2ccc(C(C)(C)C)cc2)c2ccc(C(C)(C)C=C)cc2)OC(CCCCCCC)(c2ccc(C(C)(C)C)cc2)c2ccc(C(C)(C)C=C)cc2)c2ccc(C(C)(C)C)cc2)cc1. The highest BCUT2D eigenvalue weighted by atomic mass is 31.2. The van der Waals surface area contributed by atoms with Crippen LogP contribution in [0, 0.1) is 0 Å². The van der Waals surface area contributed by atoms with Gasteiger partial charge in [0.25, 0.3) is 0 Å². The molecular weight excluding hydrogens is 1120 g/mol. The second-order valence-corrected chi connectivity index (χ2v) is 32.5. The van der Waals surface area contributed by atoms with Crippen molar-refractivity contribution in [1.82, 2.24) is 0 Å². The van der Waals surface area contributed by atoms with Crippen molar-refractivity contribution in [1.29, 1.82) is 0 Å². The minimum Gasteiger partial charge on any atom is -0.296 e. The zero-order valence-corrected chi connectivity index (χ0v) is 61.5. The summed E-state index contributed by atoms with van der Waals surface area (Å²) in [5, 5.41) is 0. The molecule has 3 nitrogen and oxygen atoms in total. The monoisotopic (exact) mass is 1250 g/mol. The molecule has 0 N–H and O–H groups in total. The van der Waals surface area contributed by atoms with Gasteiger partial charge in [-0.25, -0.2) is 0 Å². The maximum atomic E-state index is 8.70. The molecule has 6 rings (SSSR count). The molecule has 0 aliphatic carbocycles. The van der Waals surface area contributed by atoms with Crippen molar-refractivity contribution < 1.29 is 13.6 Å². The van der Waals surface area contributed by atoms with E-state index in [0.29, 0.717) is 19.3 Å². The summed E-state index contributed by atoms with van der Waals surface area (Å²) in [4.78, 5) is 0. The van der Waals surface area contributed by atoms with Crippen molar-refractivity contribution >= 4 is 8.60 Å². The van der Waals surface area contributed by atoms with Gasteiger partial charge in [-0.05, 0) is 122 Å². The van der Waals surface area contributed by atoms with Gasteiger partial charge in [-0.2, -0.15) is 0 Å². The van der Waals surface area contributed by atoms with E-state index >= 15 is 0 Å². The summed E-state index contributed by atoms with van der Waals surface area (Å²) in [6.07, 6.45) is 24.9. The van der Waals surface area contributed by atoms with Crippen molar-refractivity contribution in [3.63, 3.8) is 0 Å². The van der Waals surface area contributed by atoms with Crippen LogP contribution in [0.3, 0.4) is 0 Å². The molecule has 0 heterocycles. The Morgan fingerprint density at radius 3 is 0.582 bits per heavy atom. The first-order chi connectivity index (χ1) is 42.9. The van der Waals surface area contributed by atoms with Gasteiger partial charge in [0, 0.05) is 16.2 Å². The summed E-state index contributed by atoms with van der Waals surface area (Å²) in [6.45, 7) is 54.1. The molecule has 4 heteroatoms. The molecule has 0 aliphatic heterocycles. The van der Waals surface area contributed by atoms with Crippen molar-refractivity contribution in [2.75, 3.05) is 0 Å². The molecular formula is C87H123O3P. The van der Waals surface area contributed by atoms with Crippen LogP contribution < -0.4 is 0 Å². The summed E-state index contributed by atoms with van der Waals surface area (Å²) in [7, 11) is -2.39. The lowest BCUT2D eigenvalue weighted by Gasteiger charge is -2.45. The van der Waals surface area contributed by atoms with Gasteiger partial charge in [-0.3, -0.25) is 13.6 Å². The second kappa shape index (κ2) is 32.3. The Morgan fingerprint density at radius 2 is 0.418 bits per heavy atom. The molecule has 3 unspecified atom stereocenters. The standard InChI is InChI=1S/C87H123O3P/c1-22-28-31-34-37-64-85(73-52-40-67(41-53-73)79(7,8)9,76-58-46-70(47-59-76)82(16,17)25-4)88-91(89-86(65-38-35-32-29-23-2,74-54-42-68(43-55-74)80(10,11)12)77-60-48-71(49-61-77)83(18,19)26-5)90-87(66-39-36-33-30-24-3,75-56-44-69(45-57-75)81(13,14)15)78-62-50-72(51-63-78)84(20,21)27-6/h25-27,40-63H,4-6,22-24,28-39,64-66H2,1-3,7-21H3. The van der Waals surface area contributed by atoms with Crippen LogP contribution in [0.4, 0.5) is 0 Å². The Kier molecular flexibility index (Phi) is 26.6. The maximum Gasteiger partial charge on any atom is 0.336 e. The Bertz CT molecular complexity index is 2810. The zero-order valence-electron chi connectivity index (χ0n) is 60.6. The number of rotatable bonds is 36. The highest BCUT2D eigenvalue weighted by molar-refractivity contribution is 7.41. The quantitative estimate of drug-likeness (QED) is 0.0223. The first kappa shape index (κ1) is 74.9. The highest BCUT2D eigenvalue weighted by Crippen LogP contribution is 2.63. The molecule has 0 aliphatic rings. The van der Waals surface area contributed by atoms with Crippen LogP contribution in [0.1, 0.15) is 307 Å². The van der Waals surface area contributed by atoms with Crippen LogP contribution in [0.25, 0.3) is 0 Å². The molecule has 0 saturated heterocycles. The van der Waals surface area contributed by atoms with Gasteiger partial charge in [0.1, 0.15) is 16.8 Å². The lowest BCUT2D eigenvalue weighted by molar-refractivity contribution is -0.0253. The van der Waals surface area contributed by atoms with Crippen molar-refractivity contribution in [2.24, 2.45) is 0 Å². The van der Waals surface area contributed by atoms with E-state index in [1.54, 1.807) is 0 Å². The van der Waals surface area contributed by atoms with Crippen LogP contribution in [0.2, 0.25) is 0 Å². The minimum absolute atomic E-state index is 0.0651. The first-order valence-electron chi connectivity index (χ1n) is 35.4. The minimum atomic E-state index is -2.39. The molecule has 6 aromatic carbocycles. The molecule has 0 radical (unpaired) electrons. The lowest BCUT2D eigenvalue weighted by Crippen LogP contribution is -2.37. The van der Waals surface area contributed by atoms with Crippen molar-refractivity contribution in [3.05, 3.63) is 250 Å². The van der Waals surface area contributed by atoms with Gasteiger partial charge in [-0.1, -0.05) is 365 Å². The fraction of sp³-hybridized carbons (Fsp3) is 0.517. The molecule has 0 amide bonds. The normalized spacial score (nSPS) is 15.1. The Labute approximate surface area is 558 Å². The van der Waals surface area contributed by atoms with Crippen LogP contribution in [0.15, 0.2) is 184 Å². The van der Waals surface area contributed by atoms with Crippen molar-refractivity contribution in [2.45, 2.75) is 289 Å². The smallest absolute Gasteiger partial charge is 0.296 e. The summed E-state index contributed by atoms with van der Waals surface area (Å²) in [5.74, 6) is 0. The van der Waals surface area contributed by atoms with Gasteiger partial charge in [0.05, 0.1) is 0 Å². The van der Waals surface area contributed by atoms with Crippen LogP contribution >= 0.6 is 8.60 Å². The van der Waals surface area contributed by atoms with Crippen LogP contribution in [-0.2, 0) is 62.9 Å². The van der Waals surface area contributed by atoms with Crippen molar-refractivity contribution in [3.8, 4) is 0 Å². The highest BCUT2D eigenvalue weighted by Gasteiger charge is 2.49. The Morgan fingerprint density at radius 1 is 0.253 bits per heavy atom. The summed E-state index contributed by atoms with van der Waals surface area (Å²) >= 11 is 0. The molecule has 6 aromatic rings. The Balaban J connectivity index is 1.85. The predicted molar refractivity (Wildman–Crippen MR) is 397 cm³/mol. The average Bonchev–Trinajstić information content (AvgIpc) is 0.777. The summed E-state index contributed by atoms with van der Waals surface area (Å²) < 4.78 is 26.1. The topological polar surface area (TPSA) is 27.7 Å². The third-order valence-electron chi connectivity index (χ3n) is 20.1. The van der Waals surface area contributed by atoms with Gasteiger partial charge < -0.3 is 0 Å². The van der Waals surface area contributed by atoms with Crippen LogP contribution in [0.5, 0.6) is 0 Å². The summed E-state index contributed by atoms with van der Waals surface area (Å²) in [6, 6.07) is 56.2. The number of unbranched alkanes of at least 4 members (excludes halogenated alkanes) is 12. The molecule has 0 bridgehead atoms. The molecule has 0 saturated carbocycles. The van der Waals surface area contributed by atoms with Gasteiger partial charge in [0.15, 0.2) is 0 Å². The summed E-state index contributed by atoms with van der Waals surface area (Å²) in [5.41, 5.74) is 9.93. The van der Waals surface area contributed by atoms with E-state index in [4.69, 9.17) is 13.6 Å².